The quantitative estimate of drug-likeness (QED) is 0.245. The maximum atomic E-state index is 11.9. The summed E-state index contributed by atoms with van der Waals surface area (Å²) in [5.41, 5.74) is 0.355. The van der Waals surface area contributed by atoms with Crippen molar-refractivity contribution >= 4 is 23.6 Å². The summed E-state index contributed by atoms with van der Waals surface area (Å²) in [5.74, 6) is -1.39. The second-order valence-corrected chi connectivity index (χ2v) is 4.96. The van der Waals surface area contributed by atoms with Crippen molar-refractivity contribution < 1.29 is 14.8 Å². The zero-order chi connectivity index (χ0) is 19.3. The van der Waals surface area contributed by atoms with Crippen molar-refractivity contribution in [2.75, 3.05) is 5.32 Å². The minimum atomic E-state index is -0.930. The first kappa shape index (κ1) is 18.3. The van der Waals surface area contributed by atoms with Gasteiger partial charge in [0.1, 0.15) is 6.04 Å². The van der Waals surface area contributed by atoms with Crippen molar-refractivity contribution in [2.45, 2.75) is 13.0 Å². The molecular weight excluding hydrogens is 350 g/mol. The van der Waals surface area contributed by atoms with Gasteiger partial charge in [-0.25, -0.2) is 15.3 Å². The fourth-order valence-corrected chi connectivity index (χ4v) is 1.75. The van der Waals surface area contributed by atoms with Gasteiger partial charge in [-0.2, -0.15) is 5.10 Å². The number of amides is 1. The summed E-state index contributed by atoms with van der Waals surface area (Å²) in [6.45, 7) is 1.42. The summed E-state index contributed by atoms with van der Waals surface area (Å²) < 4.78 is 0. The van der Waals surface area contributed by atoms with Gasteiger partial charge in [0, 0.05) is 11.6 Å². The van der Waals surface area contributed by atoms with Gasteiger partial charge in [-0.3, -0.25) is 24.7 Å². The number of aromatic hydroxyl groups is 1. The Hall–Kier alpha value is -4.03. The molecule has 13 heteroatoms. The number of carbonyl (C=O) groups excluding carboxylic acids is 1. The van der Waals surface area contributed by atoms with Crippen LogP contribution in [-0.4, -0.2) is 43.4 Å². The Morgan fingerprint density at radius 2 is 2.19 bits per heavy atom. The minimum Gasteiger partial charge on any atom is -0.502 e. The van der Waals surface area contributed by atoms with Gasteiger partial charge >= 0.3 is 11.4 Å². The summed E-state index contributed by atoms with van der Waals surface area (Å²) in [6, 6.07) is 2.64. The van der Waals surface area contributed by atoms with Crippen molar-refractivity contribution in [3.8, 4) is 5.75 Å². The predicted octanol–water partition coefficient (Wildman–Crippen LogP) is -0.977. The van der Waals surface area contributed by atoms with Crippen LogP contribution in [0.4, 0.5) is 11.5 Å². The standard InChI is InChI=1S/C13H13N7O6/c1-6(15-10-12(23)16-13(24)19-17-10)11(22)18-14-5-7-2-3-9(21)8(4-7)20(25)26/h2-6,21H,1H3,(H,15,17)(H,18,22)(H2,16,19,23,24). The van der Waals surface area contributed by atoms with Crippen LogP contribution in [0.5, 0.6) is 5.75 Å². The highest BCUT2D eigenvalue weighted by molar-refractivity contribution is 5.86. The third-order valence-corrected chi connectivity index (χ3v) is 3.04. The number of H-pyrrole nitrogens is 2. The highest BCUT2D eigenvalue weighted by atomic mass is 16.6. The maximum absolute atomic E-state index is 11.9. The third kappa shape index (κ3) is 4.50. The lowest BCUT2D eigenvalue weighted by atomic mass is 10.2. The molecule has 0 aliphatic rings. The number of aromatic amines is 2. The van der Waals surface area contributed by atoms with Gasteiger partial charge in [0.2, 0.25) is 5.82 Å². The average molecular weight is 363 g/mol. The van der Waals surface area contributed by atoms with Crippen LogP contribution in [0, 0.1) is 10.1 Å². The summed E-state index contributed by atoms with van der Waals surface area (Å²) in [5, 5.41) is 31.7. The summed E-state index contributed by atoms with van der Waals surface area (Å²) in [6.07, 6.45) is 1.14. The van der Waals surface area contributed by atoms with E-state index in [4.69, 9.17) is 0 Å². The Morgan fingerprint density at radius 1 is 1.46 bits per heavy atom. The summed E-state index contributed by atoms with van der Waals surface area (Å²) in [7, 11) is 0. The number of hydrazone groups is 1. The number of carbonyl (C=O) groups is 1. The molecule has 1 aromatic heterocycles. The molecule has 5 N–H and O–H groups in total. The molecular formula is C13H13N7O6. The van der Waals surface area contributed by atoms with Gasteiger partial charge in [-0.05, 0) is 19.1 Å². The molecule has 0 saturated carbocycles. The molecule has 0 aliphatic heterocycles. The van der Waals surface area contributed by atoms with Crippen molar-refractivity contribution in [3.63, 3.8) is 0 Å². The summed E-state index contributed by atoms with van der Waals surface area (Å²) >= 11 is 0. The number of hydrogen-bond donors (Lipinski definition) is 5. The van der Waals surface area contributed by atoms with Crippen LogP contribution in [0.25, 0.3) is 0 Å². The molecule has 1 aromatic carbocycles. The third-order valence-electron chi connectivity index (χ3n) is 3.04. The molecule has 0 spiro atoms. The number of nitro benzene ring substituents is 1. The number of rotatable bonds is 6. The smallest absolute Gasteiger partial charge is 0.342 e. The molecule has 13 nitrogen and oxygen atoms in total. The molecule has 2 aromatic rings. The van der Waals surface area contributed by atoms with Gasteiger partial charge in [-0.15, -0.1) is 5.10 Å². The Bertz CT molecular complexity index is 979. The molecule has 136 valence electrons. The highest BCUT2D eigenvalue weighted by Gasteiger charge is 2.15. The van der Waals surface area contributed by atoms with E-state index in [1.54, 1.807) is 0 Å². The van der Waals surface area contributed by atoms with Crippen LogP contribution >= 0.6 is 0 Å². The van der Waals surface area contributed by atoms with Crippen LogP contribution in [0.15, 0.2) is 32.9 Å². The lowest BCUT2D eigenvalue weighted by Crippen LogP contribution is -2.38. The van der Waals surface area contributed by atoms with Gasteiger partial charge in [0.05, 0.1) is 11.1 Å². The monoisotopic (exact) mass is 363 g/mol. The van der Waals surface area contributed by atoms with Crippen LogP contribution in [0.3, 0.4) is 0 Å². The normalized spacial score (nSPS) is 11.9. The number of nitrogens with zero attached hydrogens (tertiary/aromatic N) is 3. The fraction of sp³-hybridized carbons (Fsp3) is 0.154. The number of hydrogen-bond acceptors (Lipinski definition) is 9. The Labute approximate surface area is 143 Å². The van der Waals surface area contributed by atoms with E-state index < -0.39 is 39.6 Å². The van der Waals surface area contributed by atoms with Crippen LogP contribution < -0.4 is 22.0 Å². The SMILES string of the molecule is CC(Nc1n[nH]c(=O)[nH]c1=O)C(=O)NN=Cc1ccc(O)c([N+](=O)[O-])c1. The number of benzene rings is 1. The fourth-order valence-electron chi connectivity index (χ4n) is 1.75. The zero-order valence-corrected chi connectivity index (χ0v) is 13.2. The molecule has 1 amide bonds. The first-order valence-corrected chi connectivity index (χ1v) is 7.04. The minimum absolute atomic E-state index is 0.259. The van der Waals surface area contributed by atoms with Crippen molar-refractivity contribution in [1.29, 1.82) is 0 Å². The van der Waals surface area contributed by atoms with Crippen molar-refractivity contribution in [1.82, 2.24) is 20.6 Å². The van der Waals surface area contributed by atoms with E-state index in [0.717, 1.165) is 18.3 Å². The van der Waals surface area contributed by atoms with Gasteiger partial charge < -0.3 is 10.4 Å². The van der Waals surface area contributed by atoms with E-state index in [2.05, 4.69) is 20.9 Å². The number of nitrogens with one attached hydrogen (secondary N) is 4. The molecule has 1 atom stereocenters. The molecule has 0 radical (unpaired) electrons. The average Bonchev–Trinajstić information content (AvgIpc) is 2.58. The number of anilines is 1. The van der Waals surface area contributed by atoms with Crippen LogP contribution in [0.1, 0.15) is 12.5 Å². The molecule has 0 saturated heterocycles. The van der Waals surface area contributed by atoms with Crippen LogP contribution in [0.2, 0.25) is 0 Å². The van der Waals surface area contributed by atoms with E-state index in [1.807, 2.05) is 10.1 Å². The molecule has 2 rings (SSSR count). The molecule has 0 aliphatic carbocycles. The number of phenolic OH excluding ortho intramolecular Hbond substituents is 1. The van der Waals surface area contributed by atoms with Gasteiger partial charge in [-0.1, -0.05) is 0 Å². The Morgan fingerprint density at radius 3 is 2.85 bits per heavy atom. The van der Waals surface area contributed by atoms with Crippen molar-refractivity contribution in [3.05, 3.63) is 54.7 Å². The van der Waals surface area contributed by atoms with Crippen LogP contribution in [-0.2, 0) is 4.79 Å². The lowest BCUT2D eigenvalue weighted by Gasteiger charge is -2.11. The highest BCUT2D eigenvalue weighted by Crippen LogP contribution is 2.25. The number of phenols is 1. The predicted molar refractivity (Wildman–Crippen MR) is 89.1 cm³/mol. The van der Waals surface area contributed by atoms with Gasteiger partial charge in [0.25, 0.3) is 11.5 Å². The summed E-state index contributed by atoms with van der Waals surface area (Å²) in [4.78, 5) is 46.2. The van der Waals surface area contributed by atoms with E-state index in [9.17, 15) is 29.6 Å². The first-order valence-electron chi connectivity index (χ1n) is 7.04. The van der Waals surface area contributed by atoms with E-state index in [-0.39, 0.29) is 11.4 Å². The second-order valence-electron chi connectivity index (χ2n) is 4.96. The zero-order valence-electron chi connectivity index (χ0n) is 13.2. The molecule has 1 heterocycles. The van der Waals surface area contributed by atoms with E-state index in [0.29, 0.717) is 0 Å². The Kier molecular flexibility index (Phi) is 5.42. The second kappa shape index (κ2) is 7.69. The van der Waals surface area contributed by atoms with Crippen molar-refractivity contribution in [2.24, 2.45) is 5.10 Å². The Balaban J connectivity index is 2.00. The molecule has 0 fully saturated rings. The number of nitro groups is 1. The number of aromatic nitrogens is 3. The van der Waals surface area contributed by atoms with Gasteiger partial charge in [0.15, 0.2) is 5.75 Å². The largest absolute Gasteiger partial charge is 0.502 e. The maximum Gasteiger partial charge on any atom is 0.342 e. The lowest BCUT2D eigenvalue weighted by molar-refractivity contribution is -0.385. The molecule has 1 unspecified atom stereocenters. The van der Waals surface area contributed by atoms with E-state index in [1.165, 1.54) is 13.0 Å². The topological polar surface area (TPSA) is 195 Å². The first-order chi connectivity index (χ1) is 12.3. The van der Waals surface area contributed by atoms with E-state index >= 15 is 0 Å². The molecule has 0 bridgehead atoms. The molecule has 26 heavy (non-hydrogen) atoms.